The minimum absolute atomic E-state index is 0.0618. The maximum atomic E-state index is 14.3. The van der Waals surface area contributed by atoms with Gasteiger partial charge >= 0.3 is 6.18 Å². The zero-order chi connectivity index (χ0) is 21.9. The minimum Gasteiger partial charge on any atom is -0.456 e. The monoisotopic (exact) mass is 445 g/mol. The molecule has 0 aromatic heterocycles. The summed E-state index contributed by atoms with van der Waals surface area (Å²) in [5, 5.41) is -1.50. The van der Waals surface area contributed by atoms with Crippen LogP contribution in [0.1, 0.15) is 33.5 Å². The molecule has 2 N–H and O–H groups in total. The third kappa shape index (κ3) is 3.47. The van der Waals surface area contributed by atoms with E-state index in [2.05, 4.69) is 0 Å². The van der Waals surface area contributed by atoms with Crippen LogP contribution in [0.5, 0.6) is 11.5 Å². The Morgan fingerprint density at radius 2 is 1.72 bits per heavy atom. The maximum absolute atomic E-state index is 14.3. The lowest BCUT2D eigenvalue weighted by Crippen LogP contribution is -2.18. The SMILES string of the molecule is NC(=O)c1c(Oc2cc(F)c(F)c3c2C(F)(F)CC3)cc(C(F)(F)F)c(Cl)c1F. The molecule has 0 bridgehead atoms. The van der Waals surface area contributed by atoms with Crippen molar-refractivity contribution in [2.24, 2.45) is 5.73 Å². The summed E-state index contributed by atoms with van der Waals surface area (Å²) < 4.78 is 114. The summed E-state index contributed by atoms with van der Waals surface area (Å²) >= 11 is 5.30. The Kier molecular flexibility index (Phi) is 4.93. The van der Waals surface area contributed by atoms with Crippen molar-refractivity contribution in [3.63, 3.8) is 0 Å². The van der Waals surface area contributed by atoms with Crippen molar-refractivity contribution in [1.82, 2.24) is 0 Å². The number of fused-ring (bicyclic) bond motifs is 1. The number of primary amides is 1. The van der Waals surface area contributed by atoms with Crippen LogP contribution in [-0.2, 0) is 18.5 Å². The van der Waals surface area contributed by atoms with Crippen LogP contribution >= 0.6 is 11.6 Å². The number of carbonyl (C=O) groups excluding carboxylic acids is 1. The maximum Gasteiger partial charge on any atom is 0.418 e. The normalized spacial score (nSPS) is 15.3. The average Bonchev–Trinajstić information content (AvgIpc) is 2.90. The number of nitrogens with two attached hydrogens (primary N) is 1. The molecule has 3 rings (SSSR count). The summed E-state index contributed by atoms with van der Waals surface area (Å²) in [6.07, 6.45) is -6.70. The van der Waals surface area contributed by atoms with Gasteiger partial charge in [0.25, 0.3) is 11.8 Å². The van der Waals surface area contributed by atoms with Crippen LogP contribution in [0.3, 0.4) is 0 Å². The van der Waals surface area contributed by atoms with E-state index in [-0.39, 0.29) is 12.1 Å². The van der Waals surface area contributed by atoms with Crippen LogP contribution in [0.25, 0.3) is 0 Å². The second kappa shape index (κ2) is 6.75. The second-order valence-electron chi connectivity index (χ2n) is 6.12. The summed E-state index contributed by atoms with van der Waals surface area (Å²) in [6.45, 7) is 0. The molecule has 1 aliphatic carbocycles. The van der Waals surface area contributed by atoms with E-state index in [1.165, 1.54) is 0 Å². The summed E-state index contributed by atoms with van der Waals surface area (Å²) in [7, 11) is 0. The number of hydrogen-bond acceptors (Lipinski definition) is 2. The molecule has 3 nitrogen and oxygen atoms in total. The van der Waals surface area contributed by atoms with Crippen molar-refractivity contribution in [3.8, 4) is 11.5 Å². The molecule has 12 heteroatoms. The standard InChI is InChI=1S/C17H8ClF8NO2/c18-12-6(17(24,25)26)3-8(10(14(12)21)15(27)28)29-9-4-7(19)13(20)5-1-2-16(22,23)11(5)9/h3-4H,1-2H2,(H2,27,28). The van der Waals surface area contributed by atoms with E-state index >= 15 is 0 Å². The topological polar surface area (TPSA) is 52.3 Å². The molecule has 156 valence electrons. The molecule has 0 radical (unpaired) electrons. The van der Waals surface area contributed by atoms with E-state index < -0.39 is 87.1 Å². The van der Waals surface area contributed by atoms with Crippen LogP contribution in [0, 0.1) is 17.5 Å². The lowest BCUT2D eigenvalue weighted by atomic mass is 10.1. The van der Waals surface area contributed by atoms with Gasteiger partial charge in [-0.1, -0.05) is 11.6 Å². The zero-order valence-electron chi connectivity index (χ0n) is 13.9. The van der Waals surface area contributed by atoms with Crippen LogP contribution < -0.4 is 10.5 Å². The van der Waals surface area contributed by atoms with Crippen molar-refractivity contribution < 1.29 is 44.7 Å². The molecule has 2 aromatic carbocycles. The van der Waals surface area contributed by atoms with Crippen LogP contribution in [0.15, 0.2) is 12.1 Å². The van der Waals surface area contributed by atoms with Gasteiger partial charge < -0.3 is 10.5 Å². The third-order valence-electron chi connectivity index (χ3n) is 4.28. The quantitative estimate of drug-likeness (QED) is 0.616. The van der Waals surface area contributed by atoms with E-state index in [9.17, 15) is 39.9 Å². The summed E-state index contributed by atoms with van der Waals surface area (Å²) in [5.74, 6) is -12.7. The summed E-state index contributed by atoms with van der Waals surface area (Å²) in [6, 6.07) is 0.226. The Bertz CT molecular complexity index is 1040. The van der Waals surface area contributed by atoms with Gasteiger partial charge in [0.15, 0.2) is 17.5 Å². The Morgan fingerprint density at radius 1 is 1.10 bits per heavy atom. The van der Waals surface area contributed by atoms with Crippen molar-refractivity contribution in [2.75, 3.05) is 0 Å². The fourth-order valence-corrected chi connectivity index (χ4v) is 3.27. The van der Waals surface area contributed by atoms with Gasteiger partial charge in [-0.3, -0.25) is 4.79 Å². The van der Waals surface area contributed by atoms with Crippen molar-refractivity contribution >= 4 is 17.5 Å². The summed E-state index contributed by atoms with van der Waals surface area (Å²) in [5.41, 5.74) is 0.0170. The molecule has 0 heterocycles. The lowest BCUT2D eigenvalue weighted by Gasteiger charge is -2.19. The van der Waals surface area contributed by atoms with Crippen LogP contribution in [-0.4, -0.2) is 5.91 Å². The first-order valence-electron chi connectivity index (χ1n) is 7.71. The fourth-order valence-electron chi connectivity index (χ4n) is 3.01. The average molecular weight is 446 g/mol. The number of hydrogen-bond donors (Lipinski definition) is 1. The Labute approximate surface area is 162 Å². The lowest BCUT2D eigenvalue weighted by molar-refractivity contribution is -0.137. The predicted octanol–water partition coefficient (Wildman–Crippen LogP) is 5.71. The fraction of sp³-hybridized carbons (Fsp3) is 0.235. The van der Waals surface area contributed by atoms with E-state index in [0.29, 0.717) is 0 Å². The molecule has 0 unspecified atom stereocenters. The molecule has 2 aromatic rings. The van der Waals surface area contributed by atoms with Gasteiger partial charge in [0, 0.05) is 18.1 Å². The van der Waals surface area contributed by atoms with E-state index in [1.807, 2.05) is 0 Å². The highest BCUT2D eigenvalue weighted by molar-refractivity contribution is 6.32. The number of benzene rings is 2. The second-order valence-corrected chi connectivity index (χ2v) is 6.50. The van der Waals surface area contributed by atoms with Crippen molar-refractivity contribution in [2.45, 2.75) is 24.9 Å². The first kappa shape index (κ1) is 21.2. The van der Waals surface area contributed by atoms with Crippen molar-refractivity contribution in [3.05, 3.63) is 56.9 Å². The number of carbonyl (C=O) groups is 1. The molecular formula is C17H8ClF8NO2. The molecule has 0 saturated heterocycles. The van der Waals surface area contributed by atoms with Gasteiger partial charge in [0.05, 0.1) is 16.1 Å². The first-order chi connectivity index (χ1) is 13.3. The van der Waals surface area contributed by atoms with Gasteiger partial charge in [0.2, 0.25) is 0 Å². The number of rotatable bonds is 3. The van der Waals surface area contributed by atoms with E-state index in [4.69, 9.17) is 22.1 Å². The van der Waals surface area contributed by atoms with Gasteiger partial charge in [-0.2, -0.15) is 13.2 Å². The number of ether oxygens (including phenoxy) is 1. The largest absolute Gasteiger partial charge is 0.456 e. The molecule has 0 fully saturated rings. The third-order valence-corrected chi connectivity index (χ3v) is 4.65. The molecule has 0 atom stereocenters. The van der Waals surface area contributed by atoms with Gasteiger partial charge in [-0.05, 0) is 12.5 Å². The molecule has 1 aliphatic rings. The zero-order valence-corrected chi connectivity index (χ0v) is 14.6. The smallest absolute Gasteiger partial charge is 0.418 e. The molecule has 29 heavy (non-hydrogen) atoms. The van der Waals surface area contributed by atoms with Gasteiger partial charge in [-0.15, -0.1) is 0 Å². The summed E-state index contributed by atoms with van der Waals surface area (Å²) in [4.78, 5) is 11.5. The van der Waals surface area contributed by atoms with Gasteiger partial charge in [-0.25, -0.2) is 22.0 Å². The van der Waals surface area contributed by atoms with E-state index in [0.717, 1.165) is 0 Å². The minimum atomic E-state index is -5.22. The molecule has 0 spiro atoms. The highest BCUT2D eigenvalue weighted by atomic mass is 35.5. The van der Waals surface area contributed by atoms with E-state index in [1.54, 1.807) is 0 Å². The van der Waals surface area contributed by atoms with Gasteiger partial charge in [0.1, 0.15) is 17.1 Å². The highest BCUT2D eigenvalue weighted by Gasteiger charge is 2.45. The number of halogens is 9. The molecular weight excluding hydrogens is 438 g/mol. The molecule has 0 aliphatic heterocycles. The molecule has 1 amide bonds. The first-order valence-corrected chi connectivity index (χ1v) is 8.09. The number of amides is 1. The van der Waals surface area contributed by atoms with Crippen LogP contribution in [0.4, 0.5) is 35.1 Å². The van der Waals surface area contributed by atoms with Crippen molar-refractivity contribution in [1.29, 1.82) is 0 Å². The highest BCUT2D eigenvalue weighted by Crippen LogP contribution is 2.50. The number of alkyl halides is 5. The predicted molar refractivity (Wildman–Crippen MR) is 83.6 cm³/mol. The molecule has 0 saturated carbocycles. The van der Waals surface area contributed by atoms with Crippen LogP contribution in [0.2, 0.25) is 5.02 Å². The Morgan fingerprint density at radius 3 is 2.28 bits per heavy atom. The Balaban J connectivity index is 2.27. The Hall–Kier alpha value is -2.56.